The number of phenolic OH excluding ortho intramolecular Hbond substituents is 1. The molecule has 2 aromatic rings. The summed E-state index contributed by atoms with van der Waals surface area (Å²) in [6, 6.07) is 5.53. The highest BCUT2D eigenvalue weighted by Crippen LogP contribution is 2.43. The van der Waals surface area contributed by atoms with Crippen LogP contribution in [0.4, 0.5) is 5.00 Å². The van der Waals surface area contributed by atoms with Gasteiger partial charge in [0.15, 0.2) is 0 Å². The van der Waals surface area contributed by atoms with E-state index in [2.05, 4.69) is 17.6 Å². The van der Waals surface area contributed by atoms with Gasteiger partial charge in [-0.15, -0.1) is 11.3 Å². The van der Waals surface area contributed by atoms with Gasteiger partial charge in [0.2, 0.25) is 0 Å². The molecule has 0 saturated carbocycles. The van der Waals surface area contributed by atoms with E-state index in [-0.39, 0.29) is 17.8 Å². The summed E-state index contributed by atoms with van der Waals surface area (Å²) in [7, 11) is 0. The number of amides is 1. The Morgan fingerprint density at radius 1 is 1.30 bits per heavy atom. The molecule has 2 atom stereocenters. The molecule has 2 heterocycles. The van der Waals surface area contributed by atoms with Crippen molar-refractivity contribution in [3.05, 3.63) is 45.3 Å². The maximum Gasteiger partial charge on any atom is 0.256 e. The van der Waals surface area contributed by atoms with Crippen LogP contribution >= 0.6 is 11.3 Å². The minimum absolute atomic E-state index is 0.0317. The number of hydrogen-bond donors (Lipinski definition) is 3. The van der Waals surface area contributed by atoms with E-state index in [9.17, 15) is 9.90 Å². The number of rotatable bonds is 1. The van der Waals surface area contributed by atoms with Crippen molar-refractivity contribution in [2.24, 2.45) is 5.92 Å². The Labute approximate surface area is 139 Å². The first-order valence-electron chi connectivity index (χ1n) is 8.04. The molecule has 3 N–H and O–H groups in total. The Balaban J connectivity index is 1.71. The summed E-state index contributed by atoms with van der Waals surface area (Å²) in [4.78, 5) is 14.0. The van der Waals surface area contributed by atoms with Crippen LogP contribution in [0, 0.1) is 12.8 Å². The van der Waals surface area contributed by atoms with E-state index in [0.717, 1.165) is 35.4 Å². The molecule has 4 nitrogen and oxygen atoms in total. The van der Waals surface area contributed by atoms with Crippen LogP contribution in [0.25, 0.3) is 0 Å². The Bertz CT molecular complexity index is 797. The van der Waals surface area contributed by atoms with Crippen molar-refractivity contribution in [1.29, 1.82) is 0 Å². The Morgan fingerprint density at radius 3 is 2.91 bits per heavy atom. The standard InChI is InChI=1S/C18H20N2O2S/c1-9-3-5-11(13(21)7-9)16-19-17(22)15-12-6-4-10(2)8-14(12)23-18(15)20-16/h3,5,7,10,16,20-21H,4,6,8H2,1-2H3,(H,19,22)/t10-,16+/m0/s1. The predicted molar refractivity (Wildman–Crippen MR) is 92.2 cm³/mol. The third kappa shape index (κ3) is 2.39. The molecule has 1 aliphatic carbocycles. The average Bonchev–Trinajstić information content (AvgIpc) is 2.84. The highest BCUT2D eigenvalue weighted by atomic mass is 32.1. The number of thiophene rings is 1. The lowest BCUT2D eigenvalue weighted by Gasteiger charge is -2.27. The molecule has 1 amide bonds. The number of anilines is 1. The first-order chi connectivity index (χ1) is 11.0. The fourth-order valence-electron chi connectivity index (χ4n) is 3.52. The van der Waals surface area contributed by atoms with Gasteiger partial charge < -0.3 is 15.7 Å². The summed E-state index contributed by atoms with van der Waals surface area (Å²) in [6.07, 6.45) is 2.81. The van der Waals surface area contributed by atoms with Gasteiger partial charge in [0.25, 0.3) is 5.91 Å². The summed E-state index contributed by atoms with van der Waals surface area (Å²) in [5, 5.41) is 17.5. The third-order valence-electron chi connectivity index (χ3n) is 4.79. The molecule has 4 rings (SSSR count). The molecule has 0 saturated heterocycles. The summed E-state index contributed by atoms with van der Waals surface area (Å²) < 4.78 is 0. The molecule has 0 spiro atoms. The van der Waals surface area contributed by atoms with Crippen molar-refractivity contribution in [3.8, 4) is 5.75 Å². The second-order valence-electron chi connectivity index (χ2n) is 6.67. The van der Waals surface area contributed by atoms with Gasteiger partial charge in [0.1, 0.15) is 16.9 Å². The van der Waals surface area contributed by atoms with E-state index in [4.69, 9.17) is 0 Å². The van der Waals surface area contributed by atoms with Crippen LogP contribution in [-0.2, 0) is 12.8 Å². The zero-order valence-electron chi connectivity index (χ0n) is 13.3. The largest absolute Gasteiger partial charge is 0.508 e. The molecule has 120 valence electrons. The van der Waals surface area contributed by atoms with Gasteiger partial charge in [-0.3, -0.25) is 4.79 Å². The molecule has 0 radical (unpaired) electrons. The molecule has 2 aliphatic rings. The molecule has 1 aromatic carbocycles. The molecular formula is C18H20N2O2S. The van der Waals surface area contributed by atoms with Gasteiger partial charge in [0, 0.05) is 10.4 Å². The van der Waals surface area contributed by atoms with Crippen molar-refractivity contribution in [2.45, 2.75) is 39.3 Å². The lowest BCUT2D eigenvalue weighted by Crippen LogP contribution is -2.38. The molecule has 0 unspecified atom stereocenters. The maximum atomic E-state index is 12.6. The van der Waals surface area contributed by atoms with Crippen molar-refractivity contribution in [3.63, 3.8) is 0 Å². The second-order valence-corrected chi connectivity index (χ2v) is 7.77. The van der Waals surface area contributed by atoms with Crippen LogP contribution in [0.3, 0.4) is 0 Å². The van der Waals surface area contributed by atoms with Crippen molar-refractivity contribution >= 4 is 22.2 Å². The zero-order chi connectivity index (χ0) is 16.1. The fourth-order valence-corrected chi connectivity index (χ4v) is 4.95. The van der Waals surface area contributed by atoms with Crippen LogP contribution < -0.4 is 10.6 Å². The number of carbonyl (C=O) groups excluding carboxylic acids is 1. The normalized spacial score (nSPS) is 22.8. The Kier molecular flexibility index (Phi) is 3.34. The summed E-state index contributed by atoms with van der Waals surface area (Å²) in [5.74, 6) is 0.861. The lowest BCUT2D eigenvalue weighted by atomic mass is 9.88. The molecule has 0 bridgehead atoms. The average molecular weight is 328 g/mol. The van der Waals surface area contributed by atoms with E-state index < -0.39 is 0 Å². The second kappa shape index (κ2) is 5.27. The molecule has 1 aliphatic heterocycles. The number of carbonyl (C=O) groups is 1. The Morgan fingerprint density at radius 2 is 2.13 bits per heavy atom. The van der Waals surface area contributed by atoms with Crippen LogP contribution in [0.5, 0.6) is 5.75 Å². The van der Waals surface area contributed by atoms with Gasteiger partial charge in [-0.25, -0.2) is 0 Å². The van der Waals surface area contributed by atoms with E-state index in [1.807, 2.05) is 19.1 Å². The van der Waals surface area contributed by atoms with Crippen molar-refractivity contribution in [1.82, 2.24) is 5.32 Å². The Hall–Kier alpha value is -2.01. The number of hydrogen-bond acceptors (Lipinski definition) is 4. The fraction of sp³-hybridized carbons (Fsp3) is 0.389. The van der Waals surface area contributed by atoms with Crippen LogP contribution in [0.1, 0.15) is 51.4 Å². The first-order valence-corrected chi connectivity index (χ1v) is 8.86. The van der Waals surface area contributed by atoms with Gasteiger partial charge in [0.05, 0.1) is 5.56 Å². The summed E-state index contributed by atoms with van der Waals surface area (Å²) in [5.41, 5.74) is 3.74. The van der Waals surface area contributed by atoms with Crippen LogP contribution in [0.15, 0.2) is 18.2 Å². The monoisotopic (exact) mass is 328 g/mol. The number of aromatic hydroxyl groups is 1. The van der Waals surface area contributed by atoms with E-state index in [0.29, 0.717) is 11.5 Å². The lowest BCUT2D eigenvalue weighted by molar-refractivity contribution is 0.0935. The molecule has 5 heteroatoms. The number of fused-ring (bicyclic) bond motifs is 3. The maximum absolute atomic E-state index is 12.6. The zero-order valence-corrected chi connectivity index (χ0v) is 14.1. The van der Waals surface area contributed by atoms with Crippen molar-refractivity contribution < 1.29 is 9.90 Å². The summed E-state index contributed by atoms with van der Waals surface area (Å²) >= 11 is 1.70. The third-order valence-corrected chi connectivity index (χ3v) is 5.97. The van der Waals surface area contributed by atoms with Crippen LogP contribution in [-0.4, -0.2) is 11.0 Å². The van der Waals surface area contributed by atoms with E-state index >= 15 is 0 Å². The SMILES string of the molecule is Cc1ccc([C@@H]2NC(=O)c3c(sc4c3CC[C@H](C)C4)N2)c(O)c1. The van der Waals surface area contributed by atoms with E-state index in [1.54, 1.807) is 17.4 Å². The number of nitrogens with one attached hydrogen (secondary N) is 2. The number of phenols is 1. The highest BCUT2D eigenvalue weighted by molar-refractivity contribution is 7.16. The highest BCUT2D eigenvalue weighted by Gasteiger charge is 2.33. The van der Waals surface area contributed by atoms with Crippen LogP contribution in [0.2, 0.25) is 0 Å². The quantitative estimate of drug-likeness (QED) is 0.747. The minimum Gasteiger partial charge on any atom is -0.508 e. The molecule has 0 fully saturated rings. The van der Waals surface area contributed by atoms with E-state index in [1.165, 1.54) is 10.4 Å². The first kappa shape index (κ1) is 14.6. The van der Waals surface area contributed by atoms with Gasteiger partial charge in [-0.2, -0.15) is 0 Å². The van der Waals surface area contributed by atoms with Gasteiger partial charge in [-0.1, -0.05) is 19.1 Å². The van der Waals surface area contributed by atoms with Gasteiger partial charge in [-0.05, 0) is 49.3 Å². The minimum atomic E-state index is -0.381. The summed E-state index contributed by atoms with van der Waals surface area (Å²) in [6.45, 7) is 4.20. The van der Waals surface area contributed by atoms with Gasteiger partial charge >= 0.3 is 0 Å². The number of benzene rings is 1. The predicted octanol–water partition coefficient (Wildman–Crippen LogP) is 3.74. The molecule has 23 heavy (non-hydrogen) atoms. The molecular weight excluding hydrogens is 308 g/mol. The molecule has 1 aromatic heterocycles. The topological polar surface area (TPSA) is 61.4 Å². The number of aryl methyl sites for hydroxylation is 1. The van der Waals surface area contributed by atoms with Crippen molar-refractivity contribution in [2.75, 3.05) is 5.32 Å². The smallest absolute Gasteiger partial charge is 0.256 e.